The molecule has 0 fully saturated rings. The second-order valence-corrected chi connectivity index (χ2v) is 7.14. The molecule has 152 valence electrons. The van der Waals surface area contributed by atoms with Crippen molar-refractivity contribution in [1.29, 1.82) is 0 Å². The molecule has 0 saturated carbocycles. The number of fused-ring (bicyclic) bond motifs is 1. The maximum atomic E-state index is 13.5. The number of hydrogen-bond acceptors (Lipinski definition) is 4. The van der Waals surface area contributed by atoms with Crippen molar-refractivity contribution in [2.24, 2.45) is 7.05 Å². The molecule has 0 saturated heterocycles. The van der Waals surface area contributed by atoms with E-state index in [-0.39, 0.29) is 5.91 Å². The number of ether oxygens (including phenoxy) is 1. The fourth-order valence-corrected chi connectivity index (χ4v) is 3.53. The molecule has 2 heterocycles. The van der Waals surface area contributed by atoms with Crippen LogP contribution in [0.1, 0.15) is 22.8 Å². The van der Waals surface area contributed by atoms with E-state index >= 15 is 0 Å². The van der Waals surface area contributed by atoms with Crippen LogP contribution in [0.25, 0.3) is 22.2 Å². The van der Waals surface area contributed by atoms with Crippen LogP contribution >= 0.6 is 0 Å². The van der Waals surface area contributed by atoms with Gasteiger partial charge in [-0.15, -0.1) is 0 Å². The van der Waals surface area contributed by atoms with Gasteiger partial charge in [-0.3, -0.25) is 9.48 Å². The van der Waals surface area contributed by atoms with Crippen LogP contribution in [0.15, 0.2) is 67.0 Å². The second kappa shape index (κ2) is 8.37. The number of benzene rings is 2. The summed E-state index contributed by atoms with van der Waals surface area (Å²) in [5.74, 6) is 0.763. The molecule has 2 aromatic carbocycles. The summed E-state index contributed by atoms with van der Waals surface area (Å²) < 4.78 is 7.00. The quantitative estimate of drug-likeness (QED) is 0.484. The highest BCUT2D eigenvalue weighted by Gasteiger charge is 2.20. The Morgan fingerprint density at radius 2 is 1.90 bits per heavy atom. The average molecular weight is 400 g/mol. The predicted octanol–water partition coefficient (Wildman–Crippen LogP) is 4.31. The van der Waals surface area contributed by atoms with Gasteiger partial charge in [-0.25, -0.2) is 4.98 Å². The molecule has 0 bridgehead atoms. The lowest BCUT2D eigenvalue weighted by Crippen LogP contribution is -2.30. The molecule has 0 atom stereocenters. The van der Waals surface area contributed by atoms with E-state index in [0.717, 1.165) is 33.5 Å². The molecule has 0 aliphatic rings. The van der Waals surface area contributed by atoms with Gasteiger partial charge in [-0.1, -0.05) is 18.2 Å². The van der Waals surface area contributed by atoms with Crippen LogP contribution in [0.3, 0.4) is 0 Å². The minimum Gasteiger partial charge on any atom is -0.497 e. The first-order chi connectivity index (χ1) is 14.6. The molecule has 0 radical (unpaired) electrons. The molecular formula is C24H24N4O2. The Morgan fingerprint density at radius 3 is 2.57 bits per heavy atom. The molecule has 4 rings (SSSR count). The Kier molecular flexibility index (Phi) is 5.48. The van der Waals surface area contributed by atoms with Crippen molar-refractivity contribution in [2.75, 3.05) is 13.7 Å². The number of amides is 1. The Bertz CT molecular complexity index is 1180. The van der Waals surface area contributed by atoms with E-state index in [9.17, 15) is 4.79 Å². The van der Waals surface area contributed by atoms with E-state index in [2.05, 4.69) is 5.10 Å². The van der Waals surface area contributed by atoms with Gasteiger partial charge in [-0.2, -0.15) is 5.10 Å². The number of nitrogens with zero attached hydrogens (tertiary/aromatic N) is 4. The van der Waals surface area contributed by atoms with Gasteiger partial charge in [0.05, 0.1) is 30.1 Å². The van der Waals surface area contributed by atoms with Gasteiger partial charge >= 0.3 is 0 Å². The summed E-state index contributed by atoms with van der Waals surface area (Å²) in [5.41, 5.74) is 4.15. The molecule has 0 aliphatic carbocycles. The SMILES string of the molecule is CCN(Cc1cnn(C)c1)C(=O)c1cc(-c2ccc(OC)cc2)nc2ccccc12. The molecule has 0 aliphatic heterocycles. The van der Waals surface area contributed by atoms with Crippen molar-refractivity contribution in [2.45, 2.75) is 13.5 Å². The maximum absolute atomic E-state index is 13.5. The molecule has 30 heavy (non-hydrogen) atoms. The van der Waals surface area contributed by atoms with Gasteiger partial charge in [-0.05, 0) is 43.3 Å². The Balaban J connectivity index is 1.76. The van der Waals surface area contributed by atoms with Gasteiger partial charge < -0.3 is 9.64 Å². The molecule has 4 aromatic rings. The molecule has 1 amide bonds. The van der Waals surface area contributed by atoms with Crippen molar-refractivity contribution < 1.29 is 9.53 Å². The Hall–Kier alpha value is -3.67. The second-order valence-electron chi connectivity index (χ2n) is 7.14. The summed E-state index contributed by atoms with van der Waals surface area (Å²) >= 11 is 0. The summed E-state index contributed by atoms with van der Waals surface area (Å²) in [4.78, 5) is 20.2. The topological polar surface area (TPSA) is 60.2 Å². The van der Waals surface area contributed by atoms with E-state index in [0.29, 0.717) is 18.7 Å². The number of carbonyl (C=O) groups is 1. The van der Waals surface area contributed by atoms with Crippen molar-refractivity contribution >= 4 is 16.8 Å². The third-order valence-electron chi connectivity index (χ3n) is 5.13. The Labute approximate surface area is 175 Å². The summed E-state index contributed by atoms with van der Waals surface area (Å²) in [6.07, 6.45) is 3.73. The van der Waals surface area contributed by atoms with Crippen LogP contribution in [-0.4, -0.2) is 39.2 Å². The third-order valence-corrected chi connectivity index (χ3v) is 5.13. The van der Waals surface area contributed by atoms with E-state index in [1.165, 1.54) is 0 Å². The smallest absolute Gasteiger partial charge is 0.254 e. The van der Waals surface area contributed by atoms with Crippen LogP contribution < -0.4 is 4.74 Å². The van der Waals surface area contributed by atoms with Crippen molar-refractivity contribution in [3.8, 4) is 17.0 Å². The van der Waals surface area contributed by atoms with E-state index in [1.807, 2.05) is 79.7 Å². The van der Waals surface area contributed by atoms with E-state index in [1.54, 1.807) is 18.0 Å². The van der Waals surface area contributed by atoms with Gasteiger partial charge in [0.2, 0.25) is 0 Å². The van der Waals surface area contributed by atoms with E-state index in [4.69, 9.17) is 9.72 Å². The van der Waals surface area contributed by atoms with Crippen molar-refractivity contribution in [1.82, 2.24) is 19.7 Å². The lowest BCUT2D eigenvalue weighted by Gasteiger charge is -2.21. The Morgan fingerprint density at radius 1 is 1.13 bits per heavy atom. The zero-order chi connectivity index (χ0) is 21.1. The van der Waals surface area contributed by atoms with Crippen molar-refractivity contribution in [3.05, 3.63) is 78.1 Å². The first-order valence-corrected chi connectivity index (χ1v) is 9.90. The normalized spacial score (nSPS) is 10.9. The highest BCUT2D eigenvalue weighted by Crippen LogP contribution is 2.27. The number of para-hydroxylation sites is 1. The summed E-state index contributed by atoms with van der Waals surface area (Å²) in [6, 6.07) is 17.4. The molecule has 2 aromatic heterocycles. The molecule has 6 heteroatoms. The number of pyridine rings is 1. The third kappa shape index (κ3) is 3.89. The monoisotopic (exact) mass is 400 g/mol. The zero-order valence-electron chi connectivity index (χ0n) is 17.4. The van der Waals surface area contributed by atoms with Crippen LogP contribution in [0.4, 0.5) is 0 Å². The van der Waals surface area contributed by atoms with Crippen LogP contribution in [-0.2, 0) is 13.6 Å². The number of aryl methyl sites for hydroxylation is 1. The van der Waals surface area contributed by atoms with Crippen LogP contribution in [0.5, 0.6) is 5.75 Å². The fourth-order valence-electron chi connectivity index (χ4n) is 3.53. The highest BCUT2D eigenvalue weighted by molar-refractivity contribution is 6.07. The van der Waals surface area contributed by atoms with Crippen molar-refractivity contribution in [3.63, 3.8) is 0 Å². The first-order valence-electron chi connectivity index (χ1n) is 9.90. The molecular weight excluding hydrogens is 376 g/mol. The number of carbonyl (C=O) groups excluding carboxylic acids is 1. The fraction of sp³-hybridized carbons (Fsp3) is 0.208. The average Bonchev–Trinajstić information content (AvgIpc) is 3.21. The lowest BCUT2D eigenvalue weighted by atomic mass is 10.0. The number of methoxy groups -OCH3 is 1. The molecule has 0 spiro atoms. The van der Waals surface area contributed by atoms with Gasteiger partial charge in [0.1, 0.15) is 5.75 Å². The minimum absolute atomic E-state index is 0.0188. The molecule has 0 unspecified atom stereocenters. The largest absolute Gasteiger partial charge is 0.497 e. The van der Waals surface area contributed by atoms with Gasteiger partial charge in [0.25, 0.3) is 5.91 Å². The summed E-state index contributed by atoms with van der Waals surface area (Å²) in [7, 11) is 3.51. The minimum atomic E-state index is -0.0188. The van der Waals surface area contributed by atoms with Gasteiger partial charge in [0, 0.05) is 42.8 Å². The highest BCUT2D eigenvalue weighted by atomic mass is 16.5. The van der Waals surface area contributed by atoms with Crippen LogP contribution in [0.2, 0.25) is 0 Å². The standard InChI is InChI=1S/C24H24N4O2/c1-4-28(16-17-14-25-27(2)15-17)24(29)21-13-23(18-9-11-19(30-3)12-10-18)26-22-8-6-5-7-20(21)22/h5-15H,4,16H2,1-3H3. The number of hydrogen-bond donors (Lipinski definition) is 0. The van der Waals surface area contributed by atoms with Gasteiger partial charge in [0.15, 0.2) is 0 Å². The first kappa shape index (κ1) is 19.6. The maximum Gasteiger partial charge on any atom is 0.254 e. The predicted molar refractivity (Wildman–Crippen MR) is 117 cm³/mol. The number of rotatable bonds is 6. The summed E-state index contributed by atoms with van der Waals surface area (Å²) in [6.45, 7) is 3.10. The zero-order valence-corrected chi connectivity index (χ0v) is 17.4. The lowest BCUT2D eigenvalue weighted by molar-refractivity contribution is 0.0754. The van der Waals surface area contributed by atoms with E-state index < -0.39 is 0 Å². The summed E-state index contributed by atoms with van der Waals surface area (Å²) in [5, 5.41) is 5.06. The molecule has 6 nitrogen and oxygen atoms in total. The van der Waals surface area contributed by atoms with Crippen LogP contribution in [0, 0.1) is 0 Å². The molecule has 0 N–H and O–H groups in total. The number of aromatic nitrogens is 3.